The SMILES string of the molecule is C[C@@H]1[C@@H](O)C[C@H]2C(C)(C)CCC[C@]2(C)[C@@]12CC[C@]1(CCOC1)O2. The summed E-state index contributed by atoms with van der Waals surface area (Å²) in [6.07, 6.45) is 7.75. The maximum Gasteiger partial charge on any atom is 0.0945 e. The minimum Gasteiger partial charge on any atom is -0.393 e. The second-order valence-electron chi connectivity index (χ2n) is 9.88. The second kappa shape index (κ2) is 4.95. The van der Waals surface area contributed by atoms with E-state index in [4.69, 9.17) is 9.47 Å². The van der Waals surface area contributed by atoms with Gasteiger partial charge in [-0.3, -0.25) is 0 Å². The maximum atomic E-state index is 10.9. The van der Waals surface area contributed by atoms with Gasteiger partial charge < -0.3 is 14.6 Å². The van der Waals surface area contributed by atoms with Crippen LogP contribution in [-0.2, 0) is 9.47 Å². The lowest BCUT2D eigenvalue weighted by Gasteiger charge is -2.64. The van der Waals surface area contributed by atoms with Gasteiger partial charge in [0.15, 0.2) is 0 Å². The molecule has 23 heavy (non-hydrogen) atoms. The highest BCUT2D eigenvalue weighted by molar-refractivity contribution is 5.17. The predicted molar refractivity (Wildman–Crippen MR) is 90.2 cm³/mol. The molecule has 2 saturated carbocycles. The molecule has 132 valence electrons. The lowest BCUT2D eigenvalue weighted by Crippen LogP contribution is -2.66. The van der Waals surface area contributed by atoms with E-state index in [0.717, 1.165) is 38.9 Å². The van der Waals surface area contributed by atoms with Crippen LogP contribution in [0.3, 0.4) is 0 Å². The Morgan fingerprint density at radius 1 is 1.00 bits per heavy atom. The van der Waals surface area contributed by atoms with Crippen LogP contribution in [0, 0.1) is 22.7 Å². The van der Waals surface area contributed by atoms with Crippen molar-refractivity contribution in [3.63, 3.8) is 0 Å². The molecular formula is C20H34O3. The van der Waals surface area contributed by atoms with Gasteiger partial charge in [0, 0.05) is 24.4 Å². The van der Waals surface area contributed by atoms with E-state index >= 15 is 0 Å². The van der Waals surface area contributed by atoms with Crippen LogP contribution in [0.4, 0.5) is 0 Å². The molecule has 6 atom stereocenters. The first-order valence-electron chi connectivity index (χ1n) is 9.71. The Kier molecular flexibility index (Phi) is 3.52. The molecule has 0 unspecified atom stereocenters. The first-order valence-corrected chi connectivity index (χ1v) is 9.71. The van der Waals surface area contributed by atoms with Crippen molar-refractivity contribution in [3.05, 3.63) is 0 Å². The van der Waals surface area contributed by atoms with Crippen molar-refractivity contribution >= 4 is 0 Å². The van der Waals surface area contributed by atoms with Crippen LogP contribution in [0.1, 0.15) is 72.6 Å². The van der Waals surface area contributed by atoms with Crippen LogP contribution in [-0.4, -0.2) is 35.6 Å². The van der Waals surface area contributed by atoms with E-state index in [2.05, 4.69) is 27.7 Å². The van der Waals surface area contributed by atoms with Crippen LogP contribution >= 0.6 is 0 Å². The molecule has 0 amide bonds. The third-order valence-electron chi connectivity index (χ3n) is 8.40. The predicted octanol–water partition coefficient (Wildman–Crippen LogP) is 3.93. The quantitative estimate of drug-likeness (QED) is 0.734. The van der Waals surface area contributed by atoms with Crippen LogP contribution < -0.4 is 0 Å². The van der Waals surface area contributed by atoms with Gasteiger partial charge in [-0.05, 0) is 43.4 Å². The average molecular weight is 322 g/mol. The van der Waals surface area contributed by atoms with Crippen LogP contribution in [0.5, 0.6) is 0 Å². The summed E-state index contributed by atoms with van der Waals surface area (Å²) in [4.78, 5) is 0. The molecule has 0 radical (unpaired) electrons. The number of aliphatic hydroxyl groups excluding tert-OH is 1. The molecule has 4 aliphatic rings. The fraction of sp³-hybridized carbons (Fsp3) is 1.00. The fourth-order valence-electron chi connectivity index (χ4n) is 6.98. The molecule has 0 aromatic heterocycles. The molecule has 0 aromatic rings. The molecule has 1 N–H and O–H groups in total. The second-order valence-corrected chi connectivity index (χ2v) is 9.88. The van der Waals surface area contributed by atoms with Gasteiger partial charge in [0.2, 0.25) is 0 Å². The first kappa shape index (κ1) is 16.4. The third-order valence-corrected chi connectivity index (χ3v) is 8.40. The topological polar surface area (TPSA) is 38.7 Å². The molecule has 4 rings (SSSR count). The Balaban J connectivity index is 1.77. The molecular weight excluding hydrogens is 288 g/mol. The Morgan fingerprint density at radius 3 is 2.48 bits per heavy atom. The average Bonchev–Trinajstić information content (AvgIpc) is 3.10. The number of aliphatic hydroxyl groups is 1. The number of hydrogen-bond acceptors (Lipinski definition) is 3. The van der Waals surface area contributed by atoms with E-state index in [1.54, 1.807) is 0 Å². The van der Waals surface area contributed by atoms with Gasteiger partial charge in [-0.15, -0.1) is 0 Å². The Morgan fingerprint density at radius 2 is 1.78 bits per heavy atom. The molecule has 0 bridgehead atoms. The Labute approximate surface area is 141 Å². The highest BCUT2D eigenvalue weighted by Crippen LogP contribution is 2.68. The van der Waals surface area contributed by atoms with Crippen molar-refractivity contribution in [3.8, 4) is 0 Å². The van der Waals surface area contributed by atoms with Gasteiger partial charge in [-0.25, -0.2) is 0 Å². The third kappa shape index (κ3) is 2.05. The monoisotopic (exact) mass is 322 g/mol. The zero-order valence-electron chi connectivity index (χ0n) is 15.4. The van der Waals surface area contributed by atoms with Crippen molar-refractivity contribution in [1.82, 2.24) is 0 Å². The molecule has 4 fully saturated rings. The molecule has 2 spiro atoms. The summed E-state index contributed by atoms with van der Waals surface area (Å²) in [5, 5.41) is 10.9. The largest absolute Gasteiger partial charge is 0.393 e. The minimum atomic E-state index is -0.233. The lowest BCUT2D eigenvalue weighted by atomic mass is 9.44. The van der Waals surface area contributed by atoms with E-state index in [-0.39, 0.29) is 28.6 Å². The van der Waals surface area contributed by atoms with Crippen LogP contribution in [0.2, 0.25) is 0 Å². The standard InChI is InChI=1S/C20H34O3/c1-14-15(21)12-16-17(2,3)6-5-7-18(16,4)20(14)9-8-19(23-20)10-11-22-13-19/h14-16,21H,5-13H2,1-4H3/t14-,15+,16+,18+,19-,20-/m1/s1. The molecule has 3 heteroatoms. The van der Waals surface area contributed by atoms with Crippen molar-refractivity contribution in [2.45, 2.75) is 89.9 Å². The fourth-order valence-corrected chi connectivity index (χ4v) is 6.98. The van der Waals surface area contributed by atoms with Gasteiger partial charge in [-0.1, -0.05) is 34.1 Å². The minimum absolute atomic E-state index is 0.0690. The number of ether oxygens (including phenoxy) is 2. The smallest absolute Gasteiger partial charge is 0.0945 e. The van der Waals surface area contributed by atoms with Gasteiger partial charge in [-0.2, -0.15) is 0 Å². The van der Waals surface area contributed by atoms with Gasteiger partial charge in [0.05, 0.1) is 23.9 Å². The van der Waals surface area contributed by atoms with E-state index in [0.29, 0.717) is 11.3 Å². The van der Waals surface area contributed by atoms with Crippen molar-refractivity contribution in [2.24, 2.45) is 22.7 Å². The van der Waals surface area contributed by atoms with Gasteiger partial charge in [0.25, 0.3) is 0 Å². The number of rotatable bonds is 0. The van der Waals surface area contributed by atoms with E-state index in [1.165, 1.54) is 19.3 Å². The zero-order chi connectivity index (χ0) is 16.5. The molecule has 0 aromatic carbocycles. The molecule has 2 saturated heterocycles. The summed E-state index contributed by atoms with van der Waals surface area (Å²) in [7, 11) is 0. The number of fused-ring (bicyclic) bond motifs is 2. The van der Waals surface area contributed by atoms with Crippen molar-refractivity contribution in [1.29, 1.82) is 0 Å². The van der Waals surface area contributed by atoms with E-state index in [1.807, 2.05) is 0 Å². The molecule has 3 nitrogen and oxygen atoms in total. The first-order chi connectivity index (χ1) is 10.7. The Bertz CT molecular complexity index is 481. The van der Waals surface area contributed by atoms with Crippen LogP contribution in [0.15, 0.2) is 0 Å². The van der Waals surface area contributed by atoms with E-state index in [9.17, 15) is 5.11 Å². The van der Waals surface area contributed by atoms with Crippen molar-refractivity contribution < 1.29 is 14.6 Å². The summed E-state index contributed by atoms with van der Waals surface area (Å²) in [5.74, 6) is 0.769. The molecule has 2 aliphatic heterocycles. The zero-order valence-corrected chi connectivity index (χ0v) is 15.4. The summed E-state index contributed by atoms with van der Waals surface area (Å²) >= 11 is 0. The van der Waals surface area contributed by atoms with Crippen LogP contribution in [0.25, 0.3) is 0 Å². The van der Waals surface area contributed by atoms with Crippen molar-refractivity contribution in [2.75, 3.05) is 13.2 Å². The van der Waals surface area contributed by atoms with E-state index < -0.39 is 0 Å². The molecule has 2 aliphatic carbocycles. The summed E-state index contributed by atoms with van der Waals surface area (Å²) in [6, 6.07) is 0. The maximum absolute atomic E-state index is 10.9. The highest BCUT2D eigenvalue weighted by atomic mass is 16.6. The summed E-state index contributed by atoms with van der Waals surface area (Å²) < 4.78 is 12.7. The summed E-state index contributed by atoms with van der Waals surface area (Å²) in [5.41, 5.74) is 0.243. The summed E-state index contributed by atoms with van der Waals surface area (Å²) in [6.45, 7) is 11.1. The molecule has 2 heterocycles. The normalized spacial score (nSPS) is 55.4. The Hall–Kier alpha value is -0.120. The van der Waals surface area contributed by atoms with Gasteiger partial charge in [0.1, 0.15) is 0 Å². The number of hydrogen-bond donors (Lipinski definition) is 1. The highest BCUT2D eigenvalue weighted by Gasteiger charge is 2.69. The lowest BCUT2D eigenvalue weighted by molar-refractivity contribution is -0.267. The van der Waals surface area contributed by atoms with Gasteiger partial charge >= 0.3 is 0 Å².